The Balaban J connectivity index is 1.36. The molecule has 2 amide bonds. The van der Waals surface area contributed by atoms with Gasteiger partial charge in [0, 0.05) is 12.3 Å². The quantitative estimate of drug-likeness (QED) is 0.728. The molecular formula is C21H26N4O5S. The molecule has 0 fully saturated rings. The highest BCUT2D eigenvalue weighted by molar-refractivity contribution is 7.90. The van der Waals surface area contributed by atoms with Gasteiger partial charge in [-0.1, -0.05) is 6.07 Å². The Morgan fingerprint density at radius 2 is 1.94 bits per heavy atom. The van der Waals surface area contributed by atoms with Gasteiger partial charge in [0.05, 0.1) is 12.7 Å². The summed E-state index contributed by atoms with van der Waals surface area (Å²) < 4.78 is 40.5. The Labute approximate surface area is 181 Å². The first kappa shape index (κ1) is 20.3. The van der Waals surface area contributed by atoms with Crippen molar-refractivity contribution in [1.29, 1.82) is 0 Å². The van der Waals surface area contributed by atoms with E-state index in [0.717, 1.165) is 55.3 Å². The maximum Gasteiger partial charge on any atom is 0.333 e. The number of benzene rings is 1. The minimum absolute atomic E-state index is 0.123. The van der Waals surface area contributed by atoms with Crippen LogP contribution >= 0.6 is 0 Å². The number of aromatic nitrogens is 2. The molecule has 1 aromatic carbocycles. The summed E-state index contributed by atoms with van der Waals surface area (Å²) in [6.07, 6.45) is 6.92. The van der Waals surface area contributed by atoms with Crippen molar-refractivity contribution in [3.8, 4) is 5.88 Å². The maximum absolute atomic E-state index is 12.9. The lowest BCUT2D eigenvalue weighted by atomic mass is 9.99. The van der Waals surface area contributed by atoms with Crippen molar-refractivity contribution in [2.75, 3.05) is 18.5 Å². The molecule has 0 saturated carbocycles. The molecule has 0 bridgehead atoms. The molecule has 9 nitrogen and oxygen atoms in total. The summed E-state index contributed by atoms with van der Waals surface area (Å²) in [6.45, 7) is 3.04. The van der Waals surface area contributed by atoms with Crippen LogP contribution in [0.25, 0.3) is 0 Å². The first-order chi connectivity index (χ1) is 15.0. The number of nitrogens with one attached hydrogen (secondary N) is 2. The van der Waals surface area contributed by atoms with Crippen LogP contribution in [0.15, 0.2) is 17.2 Å². The Bertz CT molecular complexity index is 1110. The minimum Gasteiger partial charge on any atom is -0.474 e. The molecule has 2 aliphatic carbocycles. The number of nitrogens with zero attached hydrogens (tertiary/aromatic N) is 2. The fourth-order valence-electron chi connectivity index (χ4n) is 4.85. The predicted molar refractivity (Wildman–Crippen MR) is 113 cm³/mol. The Hall–Kier alpha value is -2.59. The van der Waals surface area contributed by atoms with Crippen molar-refractivity contribution in [1.82, 2.24) is 14.5 Å². The second kappa shape index (κ2) is 7.83. The minimum atomic E-state index is -4.15. The number of amides is 2. The fraction of sp³-hybridized carbons (Fsp3) is 0.524. The van der Waals surface area contributed by atoms with E-state index in [1.807, 2.05) is 6.92 Å². The zero-order valence-electron chi connectivity index (χ0n) is 17.4. The van der Waals surface area contributed by atoms with Crippen LogP contribution in [-0.4, -0.2) is 43.5 Å². The van der Waals surface area contributed by atoms with Gasteiger partial charge in [-0.2, -0.15) is 5.10 Å². The lowest BCUT2D eigenvalue weighted by Crippen LogP contribution is -2.36. The van der Waals surface area contributed by atoms with Gasteiger partial charge in [0.1, 0.15) is 12.7 Å². The molecule has 1 aliphatic heterocycles. The molecule has 10 heteroatoms. The average Bonchev–Trinajstić information content (AvgIpc) is 3.46. The van der Waals surface area contributed by atoms with Gasteiger partial charge >= 0.3 is 6.03 Å². The standard InChI is InChI=1S/C21H26N4O5S/c1-2-29-15-11-25-20(30-12-15)18(10-22-25)31(27,28)24-21(26)23-19-16-7-3-5-13(16)9-14-6-4-8-17(14)19/h9-10,15H,2-8,11-12H2,1H3,(H2,23,24,26). The molecule has 1 atom stereocenters. The van der Waals surface area contributed by atoms with Crippen LogP contribution in [-0.2, 0) is 47.0 Å². The molecule has 2 N–H and O–H groups in total. The van der Waals surface area contributed by atoms with Crippen LogP contribution in [0.5, 0.6) is 5.88 Å². The highest BCUT2D eigenvalue weighted by atomic mass is 32.2. The summed E-state index contributed by atoms with van der Waals surface area (Å²) in [5.74, 6) is 0.123. The number of fused-ring (bicyclic) bond motifs is 3. The number of rotatable bonds is 5. The Morgan fingerprint density at radius 3 is 2.61 bits per heavy atom. The number of sulfonamides is 1. The van der Waals surface area contributed by atoms with Gasteiger partial charge in [-0.15, -0.1) is 0 Å². The van der Waals surface area contributed by atoms with Crippen LogP contribution < -0.4 is 14.8 Å². The van der Waals surface area contributed by atoms with Gasteiger partial charge in [0.15, 0.2) is 4.90 Å². The Kier molecular flexibility index (Phi) is 5.13. The predicted octanol–water partition coefficient (Wildman–Crippen LogP) is 2.17. The third-order valence-electron chi connectivity index (χ3n) is 6.17. The van der Waals surface area contributed by atoms with Crippen molar-refractivity contribution in [3.63, 3.8) is 0 Å². The van der Waals surface area contributed by atoms with Crippen molar-refractivity contribution in [3.05, 3.63) is 34.5 Å². The number of anilines is 1. The smallest absolute Gasteiger partial charge is 0.333 e. The van der Waals surface area contributed by atoms with Crippen molar-refractivity contribution in [2.24, 2.45) is 0 Å². The molecule has 5 rings (SSSR count). The maximum atomic E-state index is 12.9. The molecule has 1 unspecified atom stereocenters. The van der Waals surface area contributed by atoms with E-state index in [9.17, 15) is 13.2 Å². The number of ether oxygens (including phenoxy) is 2. The van der Waals surface area contributed by atoms with Crippen LogP contribution in [0.1, 0.15) is 42.0 Å². The van der Waals surface area contributed by atoms with E-state index in [-0.39, 0.29) is 23.5 Å². The van der Waals surface area contributed by atoms with Gasteiger partial charge in [0.2, 0.25) is 5.88 Å². The molecule has 31 heavy (non-hydrogen) atoms. The summed E-state index contributed by atoms with van der Waals surface area (Å²) >= 11 is 0. The van der Waals surface area contributed by atoms with Gasteiger partial charge < -0.3 is 14.8 Å². The lowest BCUT2D eigenvalue weighted by molar-refractivity contribution is -0.00761. The molecule has 2 aromatic rings. The van der Waals surface area contributed by atoms with Crippen molar-refractivity contribution < 1.29 is 22.7 Å². The summed E-state index contributed by atoms with van der Waals surface area (Å²) in [6, 6.07) is 1.49. The van der Waals surface area contributed by atoms with Crippen molar-refractivity contribution in [2.45, 2.75) is 63.0 Å². The van der Waals surface area contributed by atoms with Crippen LogP contribution in [0, 0.1) is 0 Å². The monoisotopic (exact) mass is 446 g/mol. The van der Waals surface area contributed by atoms with Crippen LogP contribution in [0.4, 0.5) is 10.5 Å². The van der Waals surface area contributed by atoms with E-state index in [1.54, 1.807) is 0 Å². The fourth-order valence-corrected chi connectivity index (χ4v) is 5.84. The summed E-state index contributed by atoms with van der Waals surface area (Å²) in [7, 11) is -4.15. The second-order valence-electron chi connectivity index (χ2n) is 8.18. The molecule has 0 radical (unpaired) electrons. The molecule has 0 saturated heterocycles. The highest BCUT2D eigenvalue weighted by Crippen LogP contribution is 2.38. The number of carbonyl (C=O) groups excluding carboxylic acids is 1. The number of carbonyl (C=O) groups is 1. The first-order valence-electron chi connectivity index (χ1n) is 10.8. The number of hydrogen-bond donors (Lipinski definition) is 2. The molecule has 166 valence electrons. The van der Waals surface area contributed by atoms with E-state index < -0.39 is 16.1 Å². The van der Waals surface area contributed by atoms with E-state index in [0.29, 0.717) is 13.2 Å². The summed E-state index contributed by atoms with van der Waals surface area (Å²) in [5.41, 5.74) is 5.61. The van der Waals surface area contributed by atoms with Crippen molar-refractivity contribution >= 4 is 21.7 Å². The van der Waals surface area contributed by atoms with Gasteiger partial charge in [0.25, 0.3) is 10.0 Å². The topological polar surface area (TPSA) is 112 Å². The number of hydrogen-bond acceptors (Lipinski definition) is 6. The third kappa shape index (κ3) is 3.67. The van der Waals surface area contributed by atoms with Gasteiger partial charge in [-0.25, -0.2) is 22.6 Å². The van der Waals surface area contributed by atoms with Crippen LogP contribution in [0.3, 0.4) is 0 Å². The second-order valence-corrected chi connectivity index (χ2v) is 9.83. The zero-order chi connectivity index (χ0) is 21.6. The molecular weight excluding hydrogens is 420 g/mol. The van der Waals surface area contributed by atoms with Gasteiger partial charge in [-0.3, -0.25) is 0 Å². The zero-order valence-corrected chi connectivity index (χ0v) is 18.3. The van der Waals surface area contributed by atoms with E-state index in [1.165, 1.54) is 22.0 Å². The largest absolute Gasteiger partial charge is 0.474 e. The summed E-state index contributed by atoms with van der Waals surface area (Å²) in [4.78, 5) is 12.6. The first-order valence-corrected chi connectivity index (χ1v) is 12.2. The normalized spacial score (nSPS) is 19.3. The molecule has 1 aromatic heterocycles. The molecule has 2 heterocycles. The third-order valence-corrected chi connectivity index (χ3v) is 7.49. The van der Waals surface area contributed by atoms with E-state index in [2.05, 4.69) is 21.2 Å². The number of urea groups is 1. The average molecular weight is 447 g/mol. The Morgan fingerprint density at radius 1 is 1.23 bits per heavy atom. The summed E-state index contributed by atoms with van der Waals surface area (Å²) in [5, 5.41) is 6.95. The SMILES string of the molecule is CCOC1COc2c(S(=O)(=O)NC(=O)Nc3c4c(cc5c3CCC5)CCC4)cnn2C1. The highest BCUT2D eigenvalue weighted by Gasteiger charge is 2.32. The van der Waals surface area contributed by atoms with E-state index in [4.69, 9.17) is 9.47 Å². The van der Waals surface area contributed by atoms with Crippen LogP contribution in [0.2, 0.25) is 0 Å². The number of aryl methyl sites for hydroxylation is 2. The van der Waals surface area contributed by atoms with E-state index >= 15 is 0 Å². The molecule has 3 aliphatic rings. The lowest BCUT2D eigenvalue weighted by Gasteiger charge is -2.24. The molecule has 0 spiro atoms. The van der Waals surface area contributed by atoms with Gasteiger partial charge in [-0.05, 0) is 67.7 Å².